The third-order valence-electron chi connectivity index (χ3n) is 4.41. The van der Waals surface area contributed by atoms with Gasteiger partial charge < -0.3 is 5.11 Å². The smallest absolute Gasteiger partial charge is 0.303 e. The van der Waals surface area contributed by atoms with E-state index in [9.17, 15) is 23.2 Å². The number of nitrogens with zero attached hydrogens (tertiary/aromatic N) is 2. The lowest BCUT2D eigenvalue weighted by Gasteiger charge is -2.11. The van der Waals surface area contributed by atoms with Crippen LogP contribution in [-0.2, 0) is 9.59 Å². The Bertz CT molecular complexity index is 1030. The number of carboxylic acids is 1. The van der Waals surface area contributed by atoms with E-state index < -0.39 is 23.5 Å². The van der Waals surface area contributed by atoms with Crippen LogP contribution in [0.25, 0.3) is 17.3 Å². The Balaban J connectivity index is 1.69. The van der Waals surface area contributed by atoms with Gasteiger partial charge in [-0.25, -0.2) is 13.8 Å². The molecule has 9 heteroatoms. The highest BCUT2D eigenvalue weighted by Crippen LogP contribution is 2.32. The highest BCUT2D eigenvalue weighted by Gasteiger charge is 2.34. The molecule has 1 aromatic heterocycles. The van der Waals surface area contributed by atoms with Gasteiger partial charge in [-0.3, -0.25) is 19.3 Å². The molecule has 156 valence electrons. The number of carbonyl (C=O) groups is 3. The summed E-state index contributed by atoms with van der Waals surface area (Å²) in [6.07, 6.45) is 3.16. The summed E-state index contributed by atoms with van der Waals surface area (Å²) >= 11 is 0.806. The molecule has 2 heterocycles. The maximum Gasteiger partial charge on any atom is 0.303 e. The van der Waals surface area contributed by atoms with Gasteiger partial charge in [0.15, 0.2) is 11.6 Å². The first-order valence-corrected chi connectivity index (χ1v) is 10.1. The summed E-state index contributed by atoms with van der Waals surface area (Å²) in [7, 11) is 0. The van der Waals surface area contributed by atoms with E-state index in [0.29, 0.717) is 36.2 Å². The summed E-state index contributed by atoms with van der Waals surface area (Å²) in [5.74, 6) is -3.24. The molecule has 2 aromatic rings. The number of carbonyl (C=O) groups excluding carboxylic acids is 2. The van der Waals surface area contributed by atoms with E-state index in [2.05, 4.69) is 4.98 Å². The molecule has 3 rings (SSSR count). The zero-order valence-corrected chi connectivity index (χ0v) is 16.6. The number of unbranched alkanes of at least 4 members (excludes halogenated alkanes) is 2. The van der Waals surface area contributed by atoms with Gasteiger partial charge in [0.2, 0.25) is 0 Å². The summed E-state index contributed by atoms with van der Waals surface area (Å²) in [5.41, 5.74) is 1.20. The first kappa shape index (κ1) is 21.6. The minimum atomic E-state index is -0.982. The number of aliphatic carboxylic acids is 1. The minimum Gasteiger partial charge on any atom is -0.481 e. The molecule has 0 atom stereocenters. The summed E-state index contributed by atoms with van der Waals surface area (Å²) < 4.78 is 26.6. The second-order valence-corrected chi connectivity index (χ2v) is 7.61. The number of imide groups is 1. The van der Waals surface area contributed by atoms with Gasteiger partial charge in [-0.1, -0.05) is 12.5 Å². The second kappa shape index (κ2) is 9.62. The summed E-state index contributed by atoms with van der Waals surface area (Å²) in [6.45, 7) is 0.226. The van der Waals surface area contributed by atoms with Crippen LogP contribution in [0.2, 0.25) is 0 Å². The van der Waals surface area contributed by atoms with Crippen LogP contribution in [0.4, 0.5) is 13.6 Å². The van der Waals surface area contributed by atoms with Gasteiger partial charge in [0.25, 0.3) is 11.1 Å². The Morgan fingerprint density at radius 1 is 1.10 bits per heavy atom. The maximum atomic E-state index is 13.5. The van der Waals surface area contributed by atoms with Crippen LogP contribution in [0.1, 0.15) is 31.4 Å². The number of hydrogen-bond donors (Lipinski definition) is 1. The van der Waals surface area contributed by atoms with Crippen LogP contribution in [-0.4, -0.2) is 38.7 Å². The molecule has 1 fully saturated rings. The Labute approximate surface area is 175 Å². The summed E-state index contributed by atoms with van der Waals surface area (Å²) in [5, 5.41) is 8.24. The number of rotatable bonds is 8. The van der Waals surface area contributed by atoms with Crippen molar-refractivity contribution < 1.29 is 28.3 Å². The first-order valence-electron chi connectivity index (χ1n) is 9.25. The predicted octanol–water partition coefficient (Wildman–Crippen LogP) is 4.71. The number of thioether (sulfide) groups is 1. The van der Waals surface area contributed by atoms with Gasteiger partial charge in [0, 0.05) is 18.5 Å². The van der Waals surface area contributed by atoms with Crippen molar-refractivity contribution in [2.75, 3.05) is 6.54 Å². The Morgan fingerprint density at radius 3 is 2.63 bits per heavy atom. The lowest BCUT2D eigenvalue weighted by Crippen LogP contribution is -2.29. The molecule has 1 aromatic carbocycles. The number of halogens is 2. The fourth-order valence-corrected chi connectivity index (χ4v) is 3.75. The third kappa shape index (κ3) is 5.29. The van der Waals surface area contributed by atoms with Crippen LogP contribution < -0.4 is 0 Å². The lowest BCUT2D eigenvalue weighted by atomic mass is 10.1. The molecule has 1 saturated heterocycles. The van der Waals surface area contributed by atoms with Crippen LogP contribution in [0.15, 0.2) is 41.3 Å². The number of carboxylic acid groups (broad SMARTS) is 1. The largest absolute Gasteiger partial charge is 0.481 e. The Kier molecular flexibility index (Phi) is 6.94. The minimum absolute atomic E-state index is 0.0573. The summed E-state index contributed by atoms with van der Waals surface area (Å²) in [6, 6.07) is 8.40. The van der Waals surface area contributed by atoms with E-state index in [0.717, 1.165) is 28.8 Å². The SMILES string of the molecule is O=C(O)CCCCCN1C(=O)SC(=Cc2cccc(-c3ccc(F)c(F)c3)n2)C1=O. The van der Waals surface area contributed by atoms with E-state index in [4.69, 9.17) is 5.11 Å². The molecule has 1 aliphatic rings. The number of aromatic nitrogens is 1. The lowest BCUT2D eigenvalue weighted by molar-refractivity contribution is -0.137. The van der Waals surface area contributed by atoms with Crippen LogP contribution >= 0.6 is 11.8 Å². The van der Waals surface area contributed by atoms with Crippen molar-refractivity contribution in [2.45, 2.75) is 25.7 Å². The monoisotopic (exact) mass is 432 g/mol. The Morgan fingerprint density at radius 2 is 1.90 bits per heavy atom. The zero-order chi connectivity index (χ0) is 21.7. The van der Waals surface area contributed by atoms with Crippen molar-refractivity contribution in [3.05, 3.63) is 58.6 Å². The molecular weight excluding hydrogens is 414 g/mol. The van der Waals surface area contributed by atoms with Gasteiger partial charge in [-0.05, 0) is 61.0 Å². The van der Waals surface area contributed by atoms with Crippen molar-refractivity contribution in [3.63, 3.8) is 0 Å². The molecule has 0 saturated carbocycles. The molecule has 0 radical (unpaired) electrons. The van der Waals surface area contributed by atoms with Gasteiger partial charge >= 0.3 is 5.97 Å². The molecule has 2 amide bonds. The van der Waals surface area contributed by atoms with Gasteiger partial charge in [0.05, 0.1) is 16.3 Å². The van der Waals surface area contributed by atoms with Crippen molar-refractivity contribution in [1.82, 2.24) is 9.88 Å². The quantitative estimate of drug-likeness (QED) is 0.480. The Hall–Kier alpha value is -3.07. The highest BCUT2D eigenvalue weighted by atomic mass is 32.2. The van der Waals surface area contributed by atoms with Gasteiger partial charge in [-0.2, -0.15) is 0 Å². The van der Waals surface area contributed by atoms with Crippen LogP contribution in [0.5, 0.6) is 0 Å². The normalized spacial score (nSPS) is 15.3. The number of benzene rings is 1. The van der Waals surface area contributed by atoms with Gasteiger partial charge in [0.1, 0.15) is 0 Å². The van der Waals surface area contributed by atoms with Crippen molar-refractivity contribution in [2.24, 2.45) is 0 Å². The molecule has 30 heavy (non-hydrogen) atoms. The van der Waals surface area contributed by atoms with E-state index in [1.54, 1.807) is 18.2 Å². The topological polar surface area (TPSA) is 87.6 Å². The highest BCUT2D eigenvalue weighted by molar-refractivity contribution is 8.18. The number of amides is 2. The maximum absolute atomic E-state index is 13.5. The van der Waals surface area contributed by atoms with E-state index in [-0.39, 0.29) is 23.1 Å². The molecule has 0 bridgehead atoms. The third-order valence-corrected chi connectivity index (χ3v) is 5.32. The first-order chi connectivity index (χ1) is 14.3. The van der Waals surface area contributed by atoms with Crippen molar-refractivity contribution in [1.29, 1.82) is 0 Å². The molecule has 1 N–H and O–H groups in total. The molecule has 0 unspecified atom stereocenters. The molecule has 1 aliphatic heterocycles. The second-order valence-electron chi connectivity index (χ2n) is 6.61. The van der Waals surface area contributed by atoms with E-state index in [1.807, 2.05) is 0 Å². The standard InChI is InChI=1S/C21H18F2N2O4S/c22-15-9-8-13(11-16(15)23)17-6-4-5-14(24-17)12-18-20(28)25(21(29)30-18)10-3-1-2-7-19(26)27/h4-6,8-9,11-12H,1-3,7,10H2,(H,26,27). The average molecular weight is 432 g/mol. The predicted molar refractivity (Wildman–Crippen MR) is 108 cm³/mol. The molecule has 0 aliphatic carbocycles. The molecule has 0 spiro atoms. The summed E-state index contributed by atoms with van der Waals surface area (Å²) in [4.78, 5) is 40.9. The fourth-order valence-electron chi connectivity index (χ4n) is 2.90. The number of hydrogen-bond acceptors (Lipinski definition) is 5. The molecular formula is C21H18F2N2O4S. The zero-order valence-electron chi connectivity index (χ0n) is 15.8. The van der Waals surface area contributed by atoms with Gasteiger partial charge in [-0.15, -0.1) is 0 Å². The molecule has 6 nitrogen and oxygen atoms in total. The van der Waals surface area contributed by atoms with E-state index in [1.165, 1.54) is 12.1 Å². The van der Waals surface area contributed by atoms with Crippen LogP contribution in [0, 0.1) is 11.6 Å². The van der Waals surface area contributed by atoms with Crippen molar-refractivity contribution in [3.8, 4) is 11.3 Å². The average Bonchev–Trinajstić information content (AvgIpc) is 2.97. The van der Waals surface area contributed by atoms with Crippen molar-refractivity contribution >= 4 is 35.0 Å². The van der Waals surface area contributed by atoms with Crippen LogP contribution in [0.3, 0.4) is 0 Å². The fraction of sp³-hybridized carbons (Fsp3) is 0.238. The van der Waals surface area contributed by atoms with E-state index >= 15 is 0 Å². The number of pyridine rings is 1.